The fraction of sp³-hybridized carbons (Fsp3) is 0.222. The summed E-state index contributed by atoms with van der Waals surface area (Å²) in [4.78, 5) is 2.30. The Hall–Kier alpha value is -3.33. The van der Waals surface area contributed by atoms with Gasteiger partial charge >= 0.3 is 0 Å². The number of aryl methyl sites for hydroxylation is 2. The summed E-state index contributed by atoms with van der Waals surface area (Å²) >= 11 is 0. The SMILES string of the molecule is C/C=C(/CN(C)c1c(C)cccc1C)N(C)N=C(c1ccccc1)c1ccccc1. The first-order chi connectivity index (χ1) is 14.5. The second-order valence-corrected chi connectivity index (χ2v) is 7.58. The Morgan fingerprint density at radius 3 is 1.73 bits per heavy atom. The minimum absolute atomic E-state index is 0.777. The van der Waals surface area contributed by atoms with Gasteiger partial charge in [0, 0.05) is 30.9 Å². The predicted molar refractivity (Wildman–Crippen MR) is 129 cm³/mol. The molecule has 0 radical (unpaired) electrons. The molecule has 154 valence electrons. The molecule has 0 saturated carbocycles. The molecule has 30 heavy (non-hydrogen) atoms. The Balaban J connectivity index is 1.91. The number of benzene rings is 3. The highest BCUT2D eigenvalue weighted by Crippen LogP contribution is 2.24. The van der Waals surface area contributed by atoms with Crippen LogP contribution in [-0.2, 0) is 0 Å². The van der Waals surface area contributed by atoms with Gasteiger partial charge in [0.25, 0.3) is 0 Å². The average molecular weight is 398 g/mol. The summed E-state index contributed by atoms with van der Waals surface area (Å²) < 4.78 is 0. The molecule has 0 N–H and O–H groups in total. The van der Waals surface area contributed by atoms with Gasteiger partial charge in [-0.05, 0) is 31.9 Å². The molecule has 0 saturated heterocycles. The van der Waals surface area contributed by atoms with Gasteiger partial charge in [-0.1, -0.05) is 84.9 Å². The molecule has 0 fully saturated rings. The van der Waals surface area contributed by atoms with Gasteiger partial charge in [0.05, 0.1) is 18.0 Å². The number of nitrogens with zero attached hydrogens (tertiary/aromatic N) is 3. The minimum atomic E-state index is 0.777. The first kappa shape index (κ1) is 21.4. The normalized spacial score (nSPS) is 11.2. The zero-order valence-corrected chi connectivity index (χ0v) is 18.6. The highest BCUT2D eigenvalue weighted by molar-refractivity contribution is 6.12. The van der Waals surface area contributed by atoms with E-state index in [1.807, 2.05) is 24.2 Å². The monoisotopic (exact) mass is 397 g/mol. The van der Waals surface area contributed by atoms with Crippen molar-refractivity contribution >= 4 is 11.4 Å². The van der Waals surface area contributed by atoms with Crippen molar-refractivity contribution in [2.45, 2.75) is 20.8 Å². The molecule has 0 heterocycles. The van der Waals surface area contributed by atoms with Crippen LogP contribution in [0.5, 0.6) is 0 Å². The van der Waals surface area contributed by atoms with E-state index in [0.29, 0.717) is 0 Å². The molecule has 3 aromatic rings. The Morgan fingerprint density at radius 1 is 0.767 bits per heavy atom. The van der Waals surface area contributed by atoms with Gasteiger partial charge in [-0.15, -0.1) is 0 Å². The van der Waals surface area contributed by atoms with E-state index in [1.165, 1.54) is 16.8 Å². The Bertz CT molecular complexity index is 959. The summed E-state index contributed by atoms with van der Waals surface area (Å²) in [5, 5.41) is 7.03. The minimum Gasteiger partial charge on any atom is -0.368 e. The maximum Gasteiger partial charge on any atom is 0.0980 e. The Kier molecular flexibility index (Phi) is 7.08. The summed E-state index contributed by atoms with van der Waals surface area (Å²) in [7, 11) is 4.17. The van der Waals surface area contributed by atoms with E-state index < -0.39 is 0 Å². The lowest BCUT2D eigenvalue weighted by Crippen LogP contribution is -2.28. The first-order valence-corrected chi connectivity index (χ1v) is 10.4. The van der Waals surface area contributed by atoms with E-state index in [2.05, 4.69) is 106 Å². The molecule has 3 aromatic carbocycles. The first-order valence-electron chi connectivity index (χ1n) is 10.4. The van der Waals surface area contributed by atoms with Gasteiger partial charge in [0.15, 0.2) is 0 Å². The van der Waals surface area contributed by atoms with Crippen molar-refractivity contribution in [1.29, 1.82) is 0 Å². The smallest absolute Gasteiger partial charge is 0.0980 e. The summed E-state index contributed by atoms with van der Waals surface area (Å²) in [6, 6.07) is 27.2. The van der Waals surface area contributed by atoms with Gasteiger partial charge < -0.3 is 4.90 Å². The van der Waals surface area contributed by atoms with Gasteiger partial charge in [0.2, 0.25) is 0 Å². The van der Waals surface area contributed by atoms with Crippen LogP contribution in [0.4, 0.5) is 5.69 Å². The second kappa shape index (κ2) is 9.93. The number of hydrogen-bond acceptors (Lipinski definition) is 3. The Labute approximate surface area is 181 Å². The molecule has 3 rings (SSSR count). The maximum absolute atomic E-state index is 5.03. The summed E-state index contributed by atoms with van der Waals surface area (Å²) in [5.41, 5.74) is 8.17. The zero-order valence-electron chi connectivity index (χ0n) is 18.6. The number of rotatable bonds is 7. The maximum atomic E-state index is 5.03. The predicted octanol–water partition coefficient (Wildman–Crippen LogP) is 6.03. The van der Waals surface area contributed by atoms with Crippen molar-refractivity contribution < 1.29 is 0 Å². The number of hydrogen-bond donors (Lipinski definition) is 0. The van der Waals surface area contributed by atoms with Crippen molar-refractivity contribution in [2.24, 2.45) is 5.10 Å². The third kappa shape index (κ3) is 4.98. The second-order valence-electron chi connectivity index (χ2n) is 7.58. The fourth-order valence-electron chi connectivity index (χ4n) is 3.80. The lowest BCUT2D eigenvalue weighted by atomic mass is 10.0. The molecule has 3 nitrogen and oxygen atoms in total. The Morgan fingerprint density at radius 2 is 1.27 bits per heavy atom. The molecule has 0 amide bonds. The number of allylic oxidation sites excluding steroid dienone is 1. The topological polar surface area (TPSA) is 18.8 Å². The van der Waals surface area contributed by atoms with E-state index >= 15 is 0 Å². The lowest BCUT2D eigenvalue weighted by molar-refractivity contribution is 0.436. The molecule has 3 heteroatoms. The quantitative estimate of drug-likeness (QED) is 0.358. The molecule has 0 atom stereocenters. The number of para-hydroxylation sites is 1. The zero-order chi connectivity index (χ0) is 21.5. The van der Waals surface area contributed by atoms with Crippen molar-refractivity contribution in [1.82, 2.24) is 5.01 Å². The van der Waals surface area contributed by atoms with E-state index in [4.69, 9.17) is 5.10 Å². The van der Waals surface area contributed by atoms with Gasteiger partial charge in [-0.2, -0.15) is 5.10 Å². The van der Waals surface area contributed by atoms with E-state index in [9.17, 15) is 0 Å². The van der Waals surface area contributed by atoms with Crippen molar-refractivity contribution in [3.63, 3.8) is 0 Å². The molecule has 0 spiro atoms. The molecule has 0 aromatic heterocycles. The highest BCUT2D eigenvalue weighted by Gasteiger charge is 2.14. The van der Waals surface area contributed by atoms with E-state index in [1.54, 1.807) is 0 Å². The van der Waals surface area contributed by atoms with E-state index in [-0.39, 0.29) is 0 Å². The van der Waals surface area contributed by atoms with Crippen LogP contribution < -0.4 is 4.90 Å². The fourth-order valence-corrected chi connectivity index (χ4v) is 3.80. The summed E-state index contributed by atoms with van der Waals surface area (Å²) in [6.07, 6.45) is 2.14. The standard InChI is InChI=1S/C27H31N3/c1-6-25(20-29(4)27-21(2)14-13-15-22(27)3)30(5)28-26(23-16-9-7-10-17-23)24-18-11-8-12-19-24/h6-19H,20H2,1-5H3/b25-6-. The van der Waals surface area contributed by atoms with Gasteiger partial charge in [-0.3, -0.25) is 5.01 Å². The van der Waals surface area contributed by atoms with Crippen molar-refractivity contribution in [3.05, 3.63) is 113 Å². The number of hydrazone groups is 1. The number of anilines is 1. The largest absolute Gasteiger partial charge is 0.368 e. The molecular weight excluding hydrogens is 366 g/mol. The van der Waals surface area contributed by atoms with Crippen LogP contribution in [0.25, 0.3) is 0 Å². The summed E-state index contributed by atoms with van der Waals surface area (Å²) in [6.45, 7) is 7.18. The summed E-state index contributed by atoms with van der Waals surface area (Å²) in [5.74, 6) is 0. The van der Waals surface area contributed by atoms with Crippen LogP contribution in [0, 0.1) is 13.8 Å². The average Bonchev–Trinajstić information content (AvgIpc) is 2.76. The van der Waals surface area contributed by atoms with Crippen molar-refractivity contribution in [3.8, 4) is 0 Å². The van der Waals surface area contributed by atoms with Crippen LogP contribution in [0.2, 0.25) is 0 Å². The third-order valence-corrected chi connectivity index (χ3v) is 5.31. The van der Waals surface area contributed by atoms with Crippen LogP contribution in [-0.4, -0.2) is 31.4 Å². The number of likely N-dealkylation sites (N-methyl/N-ethyl adjacent to an activating group) is 2. The molecule has 0 aliphatic rings. The molecule has 0 aliphatic carbocycles. The molecule has 0 bridgehead atoms. The lowest BCUT2D eigenvalue weighted by Gasteiger charge is -2.28. The van der Waals surface area contributed by atoms with E-state index in [0.717, 1.165) is 29.1 Å². The third-order valence-electron chi connectivity index (χ3n) is 5.31. The van der Waals surface area contributed by atoms with Gasteiger partial charge in [-0.25, -0.2) is 0 Å². The molecular formula is C27H31N3. The highest BCUT2D eigenvalue weighted by atomic mass is 15.5. The van der Waals surface area contributed by atoms with Crippen molar-refractivity contribution in [2.75, 3.05) is 25.5 Å². The van der Waals surface area contributed by atoms with Crippen LogP contribution in [0.1, 0.15) is 29.2 Å². The molecule has 0 aliphatic heterocycles. The van der Waals surface area contributed by atoms with Crippen LogP contribution in [0.15, 0.2) is 95.7 Å². The van der Waals surface area contributed by atoms with Gasteiger partial charge in [0.1, 0.15) is 0 Å². The van der Waals surface area contributed by atoms with Crippen LogP contribution >= 0.6 is 0 Å². The molecule has 0 unspecified atom stereocenters. The van der Waals surface area contributed by atoms with Crippen LogP contribution in [0.3, 0.4) is 0 Å².